The van der Waals surface area contributed by atoms with E-state index >= 15 is 0 Å². The van der Waals surface area contributed by atoms with Gasteiger partial charge in [0.15, 0.2) is 0 Å². The summed E-state index contributed by atoms with van der Waals surface area (Å²) in [4.78, 5) is 14.2. The summed E-state index contributed by atoms with van der Waals surface area (Å²) in [6.45, 7) is 0. The number of carboxylic acid groups (broad SMARTS) is 1. The van der Waals surface area contributed by atoms with Gasteiger partial charge in [-0.1, -0.05) is 5.16 Å². The van der Waals surface area contributed by atoms with Crippen LogP contribution in [0.15, 0.2) is 21.9 Å². The summed E-state index contributed by atoms with van der Waals surface area (Å²) in [7, 11) is 0. The Morgan fingerprint density at radius 1 is 1.53 bits per heavy atom. The predicted molar refractivity (Wildman–Crippen MR) is 56.5 cm³/mol. The van der Waals surface area contributed by atoms with Gasteiger partial charge in [-0.15, -0.1) is 0 Å². The minimum absolute atomic E-state index is 0.206. The van der Waals surface area contributed by atoms with E-state index in [1.54, 1.807) is 6.20 Å². The third-order valence-corrected chi connectivity index (χ3v) is 2.16. The van der Waals surface area contributed by atoms with E-state index in [1.807, 2.05) is 0 Å². The van der Waals surface area contributed by atoms with Crippen molar-refractivity contribution in [2.75, 3.05) is 0 Å². The number of carbonyl (C=O) groups is 1. The highest BCUT2D eigenvalue weighted by atomic mass is 16.4. The summed E-state index contributed by atoms with van der Waals surface area (Å²) >= 11 is 0. The molecule has 0 atom stereocenters. The molecule has 0 bridgehead atoms. The first kappa shape index (κ1) is 11.4. The fraction of sp³-hybridized carbons (Fsp3) is 0.500. The van der Waals surface area contributed by atoms with Crippen LogP contribution in [-0.4, -0.2) is 28.2 Å². The summed E-state index contributed by atoms with van der Waals surface area (Å²) < 4.78 is 0. The molecule has 0 aromatic carbocycles. The fourth-order valence-corrected chi connectivity index (χ4v) is 1.40. The smallest absolute Gasteiger partial charge is 0.303 e. The van der Waals surface area contributed by atoms with Crippen LogP contribution in [0.25, 0.3) is 0 Å². The summed E-state index contributed by atoms with van der Waals surface area (Å²) in [5.41, 5.74) is 1.63. The van der Waals surface area contributed by atoms with Crippen molar-refractivity contribution in [3.63, 3.8) is 0 Å². The molecule has 0 fully saturated rings. The number of aliphatic carboxylic acids is 1. The molecule has 15 heavy (non-hydrogen) atoms. The van der Waals surface area contributed by atoms with Gasteiger partial charge in [-0.3, -0.25) is 9.79 Å². The van der Waals surface area contributed by atoms with Crippen LogP contribution in [0.3, 0.4) is 0 Å². The van der Waals surface area contributed by atoms with Crippen LogP contribution in [0.1, 0.15) is 32.1 Å². The van der Waals surface area contributed by atoms with Crippen LogP contribution in [-0.2, 0) is 4.79 Å². The Bertz CT molecular complexity index is 319. The van der Waals surface area contributed by atoms with Crippen LogP contribution in [0.5, 0.6) is 0 Å². The maximum absolute atomic E-state index is 10.3. The normalized spacial score (nSPS) is 17.9. The molecule has 0 saturated carbocycles. The lowest BCUT2D eigenvalue weighted by Crippen LogP contribution is -2.06. The largest absolute Gasteiger partial charge is 0.481 e. The van der Waals surface area contributed by atoms with Gasteiger partial charge in [0.2, 0.25) is 0 Å². The molecule has 0 unspecified atom stereocenters. The highest BCUT2D eigenvalue weighted by molar-refractivity contribution is 6.31. The highest BCUT2D eigenvalue weighted by Gasteiger charge is 2.07. The van der Waals surface area contributed by atoms with E-state index in [2.05, 4.69) is 10.1 Å². The van der Waals surface area contributed by atoms with Crippen molar-refractivity contribution in [2.45, 2.75) is 32.1 Å². The van der Waals surface area contributed by atoms with Gasteiger partial charge in [-0.2, -0.15) is 0 Å². The van der Waals surface area contributed by atoms with E-state index < -0.39 is 5.97 Å². The molecule has 1 aliphatic heterocycles. The Morgan fingerprint density at radius 2 is 2.33 bits per heavy atom. The van der Waals surface area contributed by atoms with E-state index in [-0.39, 0.29) is 6.42 Å². The molecule has 2 N–H and O–H groups in total. The first-order valence-corrected chi connectivity index (χ1v) is 4.86. The molecular formula is C10H14N2O3. The van der Waals surface area contributed by atoms with Crippen molar-refractivity contribution in [3.8, 4) is 0 Å². The lowest BCUT2D eigenvalue weighted by Gasteiger charge is -2.08. The van der Waals surface area contributed by atoms with Gasteiger partial charge in [-0.05, 0) is 24.8 Å². The summed E-state index contributed by atoms with van der Waals surface area (Å²) in [5, 5.41) is 20.1. The molecule has 1 aliphatic rings. The third kappa shape index (κ3) is 4.39. The monoisotopic (exact) mass is 210 g/mol. The van der Waals surface area contributed by atoms with Gasteiger partial charge in [0.05, 0.1) is 6.21 Å². The maximum Gasteiger partial charge on any atom is 0.303 e. The van der Waals surface area contributed by atoms with Crippen molar-refractivity contribution < 1.29 is 15.1 Å². The number of hydrogen-bond donors (Lipinski definition) is 2. The molecule has 5 nitrogen and oxygen atoms in total. The zero-order chi connectivity index (χ0) is 11.1. The Labute approximate surface area is 87.8 Å². The molecule has 0 spiro atoms. The predicted octanol–water partition coefficient (Wildman–Crippen LogP) is 1.82. The first-order valence-electron chi connectivity index (χ1n) is 4.86. The average molecular weight is 210 g/mol. The molecule has 0 aromatic rings. The number of oxime groups is 1. The summed E-state index contributed by atoms with van der Waals surface area (Å²) in [6, 6.07) is 0. The molecule has 0 aliphatic carbocycles. The van der Waals surface area contributed by atoms with E-state index in [1.165, 1.54) is 6.21 Å². The molecule has 0 saturated heterocycles. The maximum atomic E-state index is 10.3. The lowest BCUT2D eigenvalue weighted by molar-refractivity contribution is -0.137. The van der Waals surface area contributed by atoms with E-state index in [4.69, 9.17) is 10.3 Å². The second-order valence-electron chi connectivity index (χ2n) is 3.43. The highest BCUT2D eigenvalue weighted by Crippen LogP contribution is 2.15. The number of aliphatic imine (C=N–C) groups is 1. The molecule has 0 amide bonds. The Hall–Kier alpha value is -1.65. The van der Waals surface area contributed by atoms with Crippen molar-refractivity contribution in [1.29, 1.82) is 0 Å². The van der Waals surface area contributed by atoms with Crippen LogP contribution >= 0.6 is 0 Å². The van der Waals surface area contributed by atoms with Crippen molar-refractivity contribution >= 4 is 17.9 Å². The molecule has 1 rings (SSSR count). The molecule has 0 radical (unpaired) electrons. The molecule has 1 heterocycles. The molecular weight excluding hydrogens is 196 g/mol. The van der Waals surface area contributed by atoms with Crippen LogP contribution < -0.4 is 0 Å². The second kappa shape index (κ2) is 5.95. The number of allylic oxidation sites excluding steroid dienone is 1. The second-order valence-corrected chi connectivity index (χ2v) is 3.43. The van der Waals surface area contributed by atoms with Gasteiger partial charge in [0, 0.05) is 19.0 Å². The van der Waals surface area contributed by atoms with Gasteiger partial charge in [0.25, 0.3) is 0 Å². The van der Waals surface area contributed by atoms with Crippen LogP contribution in [0.2, 0.25) is 0 Å². The summed E-state index contributed by atoms with van der Waals surface area (Å²) in [6.07, 6.45) is 6.37. The minimum atomic E-state index is -0.761. The Kier molecular flexibility index (Phi) is 4.53. The topological polar surface area (TPSA) is 82.2 Å². The number of carboxylic acids is 1. The van der Waals surface area contributed by atoms with E-state index in [0.717, 1.165) is 18.4 Å². The van der Waals surface area contributed by atoms with Gasteiger partial charge in [-0.25, -0.2) is 0 Å². The average Bonchev–Trinajstić information content (AvgIpc) is 2.24. The van der Waals surface area contributed by atoms with Crippen molar-refractivity contribution in [1.82, 2.24) is 0 Å². The summed E-state index contributed by atoms with van der Waals surface area (Å²) in [5.74, 6) is -0.761. The van der Waals surface area contributed by atoms with Crippen LogP contribution in [0.4, 0.5) is 0 Å². The number of hydrogen-bond acceptors (Lipinski definition) is 4. The zero-order valence-corrected chi connectivity index (χ0v) is 8.39. The van der Waals surface area contributed by atoms with Crippen LogP contribution in [0, 0.1) is 0 Å². The number of nitrogens with zero attached hydrogens (tertiary/aromatic N) is 2. The zero-order valence-electron chi connectivity index (χ0n) is 8.39. The lowest BCUT2D eigenvalue weighted by atomic mass is 10.0. The Morgan fingerprint density at radius 3 is 3.00 bits per heavy atom. The third-order valence-electron chi connectivity index (χ3n) is 2.16. The van der Waals surface area contributed by atoms with Crippen molar-refractivity contribution in [3.05, 3.63) is 11.8 Å². The molecule has 82 valence electrons. The van der Waals surface area contributed by atoms with Gasteiger partial charge >= 0.3 is 5.97 Å². The minimum Gasteiger partial charge on any atom is -0.481 e. The van der Waals surface area contributed by atoms with Crippen molar-refractivity contribution in [2.24, 2.45) is 10.1 Å². The standard InChI is InChI=1S/C10H14N2O3/c13-10(14)4-2-1-3-8-5-9(12-15)7-11-6-8/h6-7,15H,1-5H2,(H,13,14). The number of rotatable bonds is 5. The number of unbranched alkanes of at least 4 members (excludes halogenated alkanes) is 1. The first-order chi connectivity index (χ1) is 7.22. The SMILES string of the molecule is O=C(O)CCCCC1=CN=CC(=NO)C1. The Balaban J connectivity index is 2.25. The molecule has 5 heteroatoms. The molecule has 0 aromatic heterocycles. The van der Waals surface area contributed by atoms with E-state index in [0.29, 0.717) is 18.6 Å². The van der Waals surface area contributed by atoms with Gasteiger partial charge < -0.3 is 10.3 Å². The van der Waals surface area contributed by atoms with Gasteiger partial charge in [0.1, 0.15) is 5.71 Å². The quantitative estimate of drug-likeness (QED) is 0.412. The fourth-order valence-electron chi connectivity index (χ4n) is 1.40. The van der Waals surface area contributed by atoms with E-state index in [9.17, 15) is 4.79 Å².